The second kappa shape index (κ2) is 5.56. The number of carbonyl (C=O) groups excluding carboxylic acids is 1. The molecule has 0 saturated carbocycles. The number of carbonyl (C=O) groups is 1. The summed E-state index contributed by atoms with van der Waals surface area (Å²) in [5.41, 5.74) is 0.00947. The molecule has 0 fully saturated rings. The van der Waals surface area contributed by atoms with Gasteiger partial charge >= 0.3 is 0 Å². The standard InChI is InChI=1S/C12H19ClN2O2/c1-12(2,8-15(3)4)7-14-11(16)9-5-6-10(13)17-9/h5-6H,7-8H2,1-4H3,(H,14,16). The van der Waals surface area contributed by atoms with Crippen LogP contribution < -0.4 is 5.32 Å². The van der Waals surface area contributed by atoms with Gasteiger partial charge in [0, 0.05) is 13.1 Å². The van der Waals surface area contributed by atoms with Gasteiger partial charge in [-0.2, -0.15) is 0 Å². The van der Waals surface area contributed by atoms with Gasteiger partial charge in [0.05, 0.1) is 0 Å². The molecule has 5 heteroatoms. The Labute approximate surface area is 107 Å². The van der Waals surface area contributed by atoms with Gasteiger partial charge in [0.25, 0.3) is 5.91 Å². The fourth-order valence-corrected chi connectivity index (χ4v) is 1.90. The maximum atomic E-state index is 11.7. The van der Waals surface area contributed by atoms with E-state index in [1.165, 1.54) is 0 Å². The summed E-state index contributed by atoms with van der Waals surface area (Å²) in [6.45, 7) is 5.68. The molecule has 1 N–H and O–H groups in total. The Balaban J connectivity index is 2.48. The van der Waals surface area contributed by atoms with Crippen LogP contribution in [-0.4, -0.2) is 38.0 Å². The van der Waals surface area contributed by atoms with Crippen molar-refractivity contribution < 1.29 is 9.21 Å². The smallest absolute Gasteiger partial charge is 0.287 e. The van der Waals surface area contributed by atoms with Crippen molar-refractivity contribution in [2.24, 2.45) is 5.41 Å². The number of furan rings is 1. The lowest BCUT2D eigenvalue weighted by Crippen LogP contribution is -2.39. The normalized spacial score (nSPS) is 11.9. The Hall–Kier alpha value is -1.00. The number of nitrogens with one attached hydrogen (secondary N) is 1. The van der Waals surface area contributed by atoms with Crippen molar-refractivity contribution in [1.29, 1.82) is 0 Å². The summed E-state index contributed by atoms with van der Waals surface area (Å²) >= 11 is 5.61. The highest BCUT2D eigenvalue weighted by molar-refractivity contribution is 6.29. The maximum absolute atomic E-state index is 11.7. The predicted molar refractivity (Wildman–Crippen MR) is 68.4 cm³/mol. The van der Waals surface area contributed by atoms with Crippen LogP contribution in [0.25, 0.3) is 0 Å². The van der Waals surface area contributed by atoms with Crippen molar-refractivity contribution in [2.75, 3.05) is 27.2 Å². The van der Waals surface area contributed by atoms with Gasteiger partial charge in [-0.15, -0.1) is 0 Å². The van der Waals surface area contributed by atoms with Crippen LogP contribution in [0.1, 0.15) is 24.4 Å². The van der Waals surface area contributed by atoms with E-state index >= 15 is 0 Å². The average molecular weight is 259 g/mol. The first-order valence-electron chi connectivity index (χ1n) is 5.48. The van der Waals surface area contributed by atoms with E-state index in [0.717, 1.165) is 6.54 Å². The monoisotopic (exact) mass is 258 g/mol. The van der Waals surface area contributed by atoms with Gasteiger partial charge in [-0.05, 0) is 43.2 Å². The van der Waals surface area contributed by atoms with Crippen LogP contribution in [0.5, 0.6) is 0 Å². The number of hydrogen-bond donors (Lipinski definition) is 1. The first-order chi connectivity index (χ1) is 7.80. The summed E-state index contributed by atoms with van der Waals surface area (Å²) in [6, 6.07) is 3.12. The van der Waals surface area contributed by atoms with Crippen LogP contribution in [0.2, 0.25) is 5.22 Å². The van der Waals surface area contributed by atoms with E-state index in [2.05, 4.69) is 24.1 Å². The first-order valence-corrected chi connectivity index (χ1v) is 5.86. The lowest BCUT2D eigenvalue weighted by Gasteiger charge is -2.28. The highest BCUT2D eigenvalue weighted by Crippen LogP contribution is 2.16. The molecule has 1 amide bonds. The zero-order valence-electron chi connectivity index (χ0n) is 10.7. The zero-order chi connectivity index (χ0) is 13.1. The first kappa shape index (κ1) is 14.1. The van der Waals surface area contributed by atoms with Crippen molar-refractivity contribution in [2.45, 2.75) is 13.8 Å². The van der Waals surface area contributed by atoms with Crippen LogP contribution in [0.3, 0.4) is 0 Å². The van der Waals surface area contributed by atoms with Gasteiger partial charge in [0.2, 0.25) is 0 Å². The maximum Gasteiger partial charge on any atom is 0.287 e. The average Bonchev–Trinajstić information content (AvgIpc) is 2.59. The molecule has 17 heavy (non-hydrogen) atoms. The molecule has 1 aromatic rings. The Morgan fingerprint density at radius 3 is 2.59 bits per heavy atom. The summed E-state index contributed by atoms with van der Waals surface area (Å²) < 4.78 is 5.03. The molecule has 1 rings (SSSR count). The Morgan fingerprint density at radius 1 is 1.47 bits per heavy atom. The van der Waals surface area contributed by atoms with Gasteiger partial charge in [-0.3, -0.25) is 4.79 Å². The lowest BCUT2D eigenvalue weighted by molar-refractivity contribution is 0.0901. The van der Waals surface area contributed by atoms with Gasteiger partial charge in [-0.1, -0.05) is 13.8 Å². The summed E-state index contributed by atoms with van der Waals surface area (Å²) in [5, 5.41) is 3.06. The Morgan fingerprint density at radius 2 is 2.12 bits per heavy atom. The number of hydrogen-bond acceptors (Lipinski definition) is 3. The molecule has 1 aromatic heterocycles. The third-order valence-electron chi connectivity index (χ3n) is 2.27. The molecule has 96 valence electrons. The summed E-state index contributed by atoms with van der Waals surface area (Å²) in [6.07, 6.45) is 0. The number of nitrogens with zero attached hydrogens (tertiary/aromatic N) is 1. The van der Waals surface area contributed by atoms with Crippen molar-refractivity contribution in [3.63, 3.8) is 0 Å². The van der Waals surface area contributed by atoms with Gasteiger partial charge in [0.15, 0.2) is 11.0 Å². The predicted octanol–water partition coefficient (Wildman–Crippen LogP) is 2.25. The molecule has 4 nitrogen and oxygen atoms in total. The molecule has 0 aliphatic heterocycles. The number of amides is 1. The second-order valence-electron chi connectivity index (χ2n) is 5.19. The lowest BCUT2D eigenvalue weighted by atomic mass is 9.93. The quantitative estimate of drug-likeness (QED) is 0.881. The molecular weight excluding hydrogens is 240 g/mol. The molecule has 0 atom stereocenters. The molecule has 0 aliphatic carbocycles. The molecule has 0 saturated heterocycles. The minimum atomic E-state index is -0.233. The topological polar surface area (TPSA) is 45.5 Å². The van der Waals surface area contributed by atoms with Crippen molar-refractivity contribution in [1.82, 2.24) is 10.2 Å². The molecule has 0 bridgehead atoms. The van der Waals surface area contributed by atoms with Crippen LogP contribution >= 0.6 is 11.6 Å². The minimum Gasteiger partial charge on any atom is -0.440 e. The van der Waals surface area contributed by atoms with Gasteiger partial charge in [-0.25, -0.2) is 0 Å². The van der Waals surface area contributed by atoms with Crippen LogP contribution in [-0.2, 0) is 0 Å². The van der Waals surface area contributed by atoms with E-state index in [1.54, 1.807) is 12.1 Å². The van der Waals surface area contributed by atoms with Gasteiger partial charge in [0.1, 0.15) is 0 Å². The number of rotatable bonds is 5. The van der Waals surface area contributed by atoms with E-state index in [9.17, 15) is 4.79 Å². The highest BCUT2D eigenvalue weighted by atomic mass is 35.5. The van der Waals surface area contributed by atoms with Crippen molar-refractivity contribution in [3.05, 3.63) is 23.1 Å². The summed E-state index contributed by atoms with van der Waals surface area (Å²) in [7, 11) is 4.02. The Kier molecular flexibility index (Phi) is 4.60. The SMILES string of the molecule is CN(C)CC(C)(C)CNC(=O)c1ccc(Cl)o1. The van der Waals surface area contributed by atoms with Crippen molar-refractivity contribution in [3.8, 4) is 0 Å². The zero-order valence-corrected chi connectivity index (χ0v) is 11.5. The van der Waals surface area contributed by atoms with Crippen LogP contribution in [0.4, 0.5) is 0 Å². The van der Waals surface area contributed by atoms with Crippen LogP contribution in [0, 0.1) is 5.41 Å². The molecule has 1 heterocycles. The molecule has 0 spiro atoms. The fraction of sp³-hybridized carbons (Fsp3) is 0.583. The Bertz CT molecular complexity index is 386. The molecule has 0 aliphatic rings. The molecular formula is C12H19ClN2O2. The van der Waals surface area contributed by atoms with E-state index in [0.29, 0.717) is 6.54 Å². The largest absolute Gasteiger partial charge is 0.440 e. The second-order valence-corrected chi connectivity index (χ2v) is 5.56. The third-order valence-corrected chi connectivity index (χ3v) is 2.47. The van der Waals surface area contributed by atoms with Crippen molar-refractivity contribution >= 4 is 17.5 Å². The van der Waals surface area contributed by atoms with E-state index < -0.39 is 0 Å². The molecule has 0 radical (unpaired) electrons. The van der Waals surface area contributed by atoms with E-state index in [1.807, 2.05) is 14.1 Å². The molecule has 0 unspecified atom stereocenters. The van der Waals surface area contributed by atoms with Gasteiger partial charge < -0.3 is 14.6 Å². The summed E-state index contributed by atoms with van der Waals surface area (Å²) in [5.74, 6) is 0.0133. The van der Waals surface area contributed by atoms with Crippen LogP contribution in [0.15, 0.2) is 16.5 Å². The summed E-state index contributed by atoms with van der Waals surface area (Å²) in [4.78, 5) is 13.8. The van der Waals surface area contributed by atoms with E-state index in [4.69, 9.17) is 16.0 Å². The fourth-order valence-electron chi connectivity index (χ4n) is 1.75. The third kappa shape index (κ3) is 4.79. The molecule has 0 aromatic carbocycles. The highest BCUT2D eigenvalue weighted by Gasteiger charge is 2.21. The van der Waals surface area contributed by atoms with E-state index in [-0.39, 0.29) is 22.3 Å². The number of halogens is 1. The minimum absolute atomic E-state index is 0.00947.